The number of benzene rings is 1. The summed E-state index contributed by atoms with van der Waals surface area (Å²) in [5.41, 5.74) is 1.08. The minimum atomic E-state index is -1.60. The van der Waals surface area contributed by atoms with Gasteiger partial charge >= 0.3 is 0 Å². The molecule has 0 bridgehead atoms. The highest BCUT2D eigenvalue weighted by atomic mass is 16.5. The number of carbonyl (C=O) groups excluding carboxylic acids is 1. The molecule has 1 aliphatic rings. The summed E-state index contributed by atoms with van der Waals surface area (Å²) in [4.78, 5) is 12.5. The van der Waals surface area contributed by atoms with Crippen molar-refractivity contribution in [3.63, 3.8) is 0 Å². The lowest BCUT2D eigenvalue weighted by Crippen LogP contribution is -2.31. The van der Waals surface area contributed by atoms with Crippen LogP contribution in [0.1, 0.15) is 11.7 Å². The summed E-state index contributed by atoms with van der Waals surface area (Å²) >= 11 is 0. The maximum Gasteiger partial charge on any atom is 0.142 e. The van der Waals surface area contributed by atoms with Crippen molar-refractivity contribution in [3.05, 3.63) is 23.8 Å². The van der Waals surface area contributed by atoms with Gasteiger partial charge in [0.15, 0.2) is 0 Å². The molecular weight excluding hydrogens is 210 g/mol. The Hall–Kier alpha value is -1.75. The number of carboxylic acids is 1. The largest absolute Gasteiger partial charge is 0.547 e. The van der Waals surface area contributed by atoms with Crippen molar-refractivity contribution in [2.24, 2.45) is 0 Å². The number of likely N-dealkylation sites (N-methyl/N-ethyl adjacent to an activating group) is 1. The first-order valence-corrected chi connectivity index (χ1v) is 4.96. The Morgan fingerprint density at radius 2 is 2.38 bits per heavy atom. The van der Waals surface area contributed by atoms with Gasteiger partial charge in [-0.25, -0.2) is 0 Å². The SMILES string of the molecule is CN1CCOc2ccc(C(O)C(=O)[O-])cc21. The molecule has 1 N–H and O–H groups in total. The Bertz CT molecular complexity index is 418. The lowest BCUT2D eigenvalue weighted by molar-refractivity contribution is -0.315. The van der Waals surface area contributed by atoms with Gasteiger partial charge in [0, 0.05) is 7.05 Å². The zero-order valence-corrected chi connectivity index (χ0v) is 8.84. The highest BCUT2D eigenvalue weighted by molar-refractivity contribution is 5.73. The van der Waals surface area contributed by atoms with E-state index in [2.05, 4.69) is 0 Å². The van der Waals surface area contributed by atoms with Crippen LogP contribution in [-0.2, 0) is 4.79 Å². The molecule has 5 heteroatoms. The van der Waals surface area contributed by atoms with Crippen molar-refractivity contribution in [2.75, 3.05) is 25.1 Å². The molecule has 0 radical (unpaired) electrons. The number of fused-ring (bicyclic) bond motifs is 1. The molecule has 1 heterocycles. The third-order valence-electron chi connectivity index (χ3n) is 2.62. The fourth-order valence-electron chi connectivity index (χ4n) is 1.67. The lowest BCUT2D eigenvalue weighted by atomic mass is 10.1. The van der Waals surface area contributed by atoms with E-state index in [4.69, 9.17) is 4.74 Å². The predicted octanol–water partition coefficient (Wildman–Crippen LogP) is -0.702. The van der Waals surface area contributed by atoms with E-state index in [1.54, 1.807) is 12.1 Å². The monoisotopic (exact) mass is 222 g/mol. The molecule has 16 heavy (non-hydrogen) atoms. The second-order valence-electron chi connectivity index (χ2n) is 3.72. The van der Waals surface area contributed by atoms with Gasteiger partial charge in [0.05, 0.1) is 18.2 Å². The summed E-state index contributed by atoms with van der Waals surface area (Å²) in [6.07, 6.45) is -1.60. The van der Waals surface area contributed by atoms with Gasteiger partial charge in [0.1, 0.15) is 18.5 Å². The van der Waals surface area contributed by atoms with Crippen molar-refractivity contribution < 1.29 is 19.7 Å². The molecule has 0 amide bonds. The number of anilines is 1. The average Bonchev–Trinajstić information content (AvgIpc) is 2.28. The molecular formula is C11H12NO4-. The average molecular weight is 222 g/mol. The summed E-state index contributed by atoms with van der Waals surface area (Å²) < 4.78 is 5.40. The van der Waals surface area contributed by atoms with E-state index in [0.29, 0.717) is 17.9 Å². The van der Waals surface area contributed by atoms with E-state index in [-0.39, 0.29) is 0 Å². The third kappa shape index (κ3) is 1.81. The van der Waals surface area contributed by atoms with Gasteiger partial charge in [-0.15, -0.1) is 0 Å². The van der Waals surface area contributed by atoms with Crippen LogP contribution in [0.4, 0.5) is 5.69 Å². The van der Waals surface area contributed by atoms with Crippen molar-refractivity contribution >= 4 is 11.7 Å². The number of carboxylic acid groups (broad SMARTS) is 1. The van der Waals surface area contributed by atoms with E-state index in [1.165, 1.54) is 6.07 Å². The maximum atomic E-state index is 10.5. The Kier molecular flexibility index (Phi) is 2.70. The number of carbonyl (C=O) groups is 1. The van der Waals surface area contributed by atoms with Gasteiger partial charge < -0.3 is 24.6 Å². The van der Waals surface area contributed by atoms with E-state index < -0.39 is 12.1 Å². The molecule has 1 aromatic carbocycles. The third-order valence-corrected chi connectivity index (χ3v) is 2.62. The summed E-state index contributed by atoms with van der Waals surface area (Å²) in [7, 11) is 1.89. The number of hydrogen-bond acceptors (Lipinski definition) is 5. The van der Waals surface area contributed by atoms with E-state index >= 15 is 0 Å². The van der Waals surface area contributed by atoms with E-state index in [1.807, 2.05) is 11.9 Å². The molecule has 5 nitrogen and oxygen atoms in total. The molecule has 1 unspecified atom stereocenters. The van der Waals surface area contributed by atoms with Crippen LogP contribution in [-0.4, -0.2) is 31.3 Å². The van der Waals surface area contributed by atoms with Crippen LogP contribution in [0.2, 0.25) is 0 Å². The Balaban J connectivity index is 2.37. The molecule has 0 saturated carbocycles. The molecule has 0 saturated heterocycles. The minimum absolute atomic E-state index is 0.302. The smallest absolute Gasteiger partial charge is 0.142 e. The highest BCUT2D eigenvalue weighted by Crippen LogP contribution is 2.32. The topological polar surface area (TPSA) is 72.8 Å². The number of aliphatic carboxylic acids is 1. The van der Waals surface area contributed by atoms with Gasteiger partial charge in [-0.2, -0.15) is 0 Å². The lowest BCUT2D eigenvalue weighted by Gasteiger charge is -2.28. The molecule has 0 fully saturated rings. The normalized spacial score (nSPS) is 16.2. The number of hydrogen-bond donors (Lipinski definition) is 1. The minimum Gasteiger partial charge on any atom is -0.547 e. The van der Waals surface area contributed by atoms with Crippen molar-refractivity contribution in [1.29, 1.82) is 0 Å². The van der Waals surface area contributed by atoms with Gasteiger partial charge in [0.2, 0.25) is 0 Å². The molecule has 0 aliphatic carbocycles. The van der Waals surface area contributed by atoms with Gasteiger partial charge in [-0.3, -0.25) is 0 Å². The molecule has 1 aromatic rings. The first kappa shape index (κ1) is 10.8. The molecule has 0 spiro atoms. The maximum absolute atomic E-state index is 10.5. The molecule has 86 valence electrons. The fraction of sp³-hybridized carbons (Fsp3) is 0.364. The first-order chi connectivity index (χ1) is 7.59. The molecule has 1 aliphatic heterocycles. The number of nitrogens with zero attached hydrogens (tertiary/aromatic N) is 1. The number of aliphatic hydroxyl groups excluding tert-OH is 1. The van der Waals surface area contributed by atoms with Gasteiger partial charge in [-0.05, 0) is 17.7 Å². The summed E-state index contributed by atoms with van der Waals surface area (Å²) in [5, 5.41) is 19.9. The van der Waals surface area contributed by atoms with Crippen LogP contribution < -0.4 is 14.7 Å². The van der Waals surface area contributed by atoms with Crippen molar-refractivity contribution in [3.8, 4) is 5.75 Å². The van der Waals surface area contributed by atoms with Gasteiger partial charge in [-0.1, -0.05) is 6.07 Å². The van der Waals surface area contributed by atoms with Crippen LogP contribution in [0.5, 0.6) is 5.75 Å². The van der Waals surface area contributed by atoms with Gasteiger partial charge in [0.25, 0.3) is 0 Å². The quantitative estimate of drug-likeness (QED) is 0.716. The first-order valence-electron chi connectivity index (χ1n) is 4.96. The summed E-state index contributed by atoms with van der Waals surface area (Å²) in [5.74, 6) is -0.803. The van der Waals surface area contributed by atoms with E-state index in [0.717, 1.165) is 12.2 Å². The Morgan fingerprint density at radius 1 is 1.62 bits per heavy atom. The zero-order chi connectivity index (χ0) is 11.7. The Labute approximate surface area is 92.9 Å². The van der Waals surface area contributed by atoms with Crippen LogP contribution in [0, 0.1) is 0 Å². The molecule has 2 rings (SSSR count). The molecule has 0 aromatic heterocycles. The second kappa shape index (κ2) is 4.02. The number of aliphatic hydroxyl groups is 1. The summed E-state index contributed by atoms with van der Waals surface area (Å²) in [6, 6.07) is 4.79. The predicted molar refractivity (Wildman–Crippen MR) is 55.2 cm³/mol. The van der Waals surface area contributed by atoms with Crippen molar-refractivity contribution in [1.82, 2.24) is 0 Å². The number of rotatable bonds is 2. The van der Waals surface area contributed by atoms with E-state index in [9.17, 15) is 15.0 Å². The highest BCUT2D eigenvalue weighted by Gasteiger charge is 2.17. The van der Waals surface area contributed by atoms with Crippen LogP contribution >= 0.6 is 0 Å². The van der Waals surface area contributed by atoms with Crippen molar-refractivity contribution in [2.45, 2.75) is 6.10 Å². The molecule has 1 atom stereocenters. The van der Waals surface area contributed by atoms with Crippen LogP contribution in [0.15, 0.2) is 18.2 Å². The second-order valence-corrected chi connectivity index (χ2v) is 3.72. The fourth-order valence-corrected chi connectivity index (χ4v) is 1.67. The standard InChI is InChI=1S/C11H13NO4/c1-12-4-5-16-9-3-2-7(6-8(9)12)10(13)11(14)15/h2-3,6,10,13H,4-5H2,1H3,(H,14,15)/p-1. The zero-order valence-electron chi connectivity index (χ0n) is 8.84. The number of ether oxygens (including phenoxy) is 1. The Morgan fingerprint density at radius 3 is 3.06 bits per heavy atom. The summed E-state index contributed by atoms with van der Waals surface area (Å²) in [6.45, 7) is 1.34. The van der Waals surface area contributed by atoms with Crippen LogP contribution in [0.25, 0.3) is 0 Å². The van der Waals surface area contributed by atoms with Crippen LogP contribution in [0.3, 0.4) is 0 Å².